The maximum atomic E-state index is 12.4. The minimum atomic E-state index is -1.46. The van der Waals surface area contributed by atoms with Gasteiger partial charge in [0, 0.05) is 13.1 Å². The molecule has 38 heavy (non-hydrogen) atoms. The number of hydrogen-bond acceptors (Lipinski definition) is 10. The number of primary amides is 2. The topological polar surface area (TPSA) is 198 Å². The van der Waals surface area contributed by atoms with Gasteiger partial charge in [0.1, 0.15) is 0 Å². The lowest BCUT2D eigenvalue weighted by molar-refractivity contribution is -0.171. The number of esters is 4. The Morgan fingerprint density at radius 2 is 0.921 bits per heavy atom. The van der Waals surface area contributed by atoms with E-state index >= 15 is 0 Å². The number of urea groups is 2. The standard InChI is InChI=1S/C24H42N4O10/c1-7-35-21(31)17(13-27(23(25)33)11-15(3)4)37-19(29)9-10-20(30)38-18(22(32)36-8-2)14-28(24(26)34)12-16(5)6/h15-18H,7-14H2,1-6H3,(H2,25,33)(H2,26,34). The van der Waals surface area contributed by atoms with Gasteiger partial charge in [-0.2, -0.15) is 0 Å². The first-order valence-corrected chi connectivity index (χ1v) is 12.5. The molecular weight excluding hydrogens is 504 g/mol. The van der Waals surface area contributed by atoms with Crippen LogP contribution in [0.25, 0.3) is 0 Å². The van der Waals surface area contributed by atoms with E-state index in [0.29, 0.717) is 0 Å². The maximum Gasteiger partial charge on any atom is 0.349 e. The first kappa shape index (κ1) is 34.4. The molecule has 0 rings (SSSR count). The van der Waals surface area contributed by atoms with Crippen LogP contribution in [-0.2, 0) is 38.1 Å². The second kappa shape index (κ2) is 17.8. The van der Waals surface area contributed by atoms with E-state index in [1.165, 1.54) is 0 Å². The van der Waals surface area contributed by atoms with E-state index in [9.17, 15) is 28.8 Å². The van der Waals surface area contributed by atoms with Crippen molar-refractivity contribution < 1.29 is 47.7 Å². The molecule has 0 aromatic heterocycles. The van der Waals surface area contributed by atoms with Gasteiger partial charge in [0.25, 0.3) is 0 Å². The number of amides is 4. The molecule has 0 aliphatic heterocycles. The second-order valence-corrected chi connectivity index (χ2v) is 9.24. The summed E-state index contributed by atoms with van der Waals surface area (Å²) >= 11 is 0. The van der Waals surface area contributed by atoms with Crippen LogP contribution >= 0.6 is 0 Å². The summed E-state index contributed by atoms with van der Waals surface area (Å²) in [5.74, 6) is -3.60. The molecule has 0 radical (unpaired) electrons. The third kappa shape index (κ3) is 14.2. The van der Waals surface area contributed by atoms with Crippen molar-refractivity contribution in [1.82, 2.24) is 9.80 Å². The summed E-state index contributed by atoms with van der Waals surface area (Å²) in [6, 6.07) is -1.61. The van der Waals surface area contributed by atoms with Crippen LogP contribution in [0.2, 0.25) is 0 Å². The van der Waals surface area contributed by atoms with Crippen molar-refractivity contribution in [3.63, 3.8) is 0 Å². The summed E-state index contributed by atoms with van der Waals surface area (Å²) < 4.78 is 20.2. The predicted octanol–water partition coefficient (Wildman–Crippen LogP) is 0.790. The zero-order valence-corrected chi connectivity index (χ0v) is 23.1. The van der Waals surface area contributed by atoms with Crippen LogP contribution in [0.3, 0.4) is 0 Å². The summed E-state index contributed by atoms with van der Waals surface area (Å²) in [6.07, 6.45) is -3.93. The number of carbonyl (C=O) groups is 6. The predicted molar refractivity (Wildman–Crippen MR) is 134 cm³/mol. The number of nitrogens with two attached hydrogens (primary N) is 2. The van der Waals surface area contributed by atoms with Gasteiger partial charge in [0.2, 0.25) is 12.2 Å². The molecule has 0 heterocycles. The molecule has 0 spiro atoms. The molecule has 0 fully saturated rings. The van der Waals surface area contributed by atoms with E-state index in [1.807, 2.05) is 27.7 Å². The average Bonchev–Trinajstić information content (AvgIpc) is 2.80. The molecule has 0 aliphatic carbocycles. The molecule has 14 heteroatoms. The Morgan fingerprint density at radius 3 is 1.16 bits per heavy atom. The SMILES string of the molecule is CCOC(=O)C(CN(CC(C)C)C(N)=O)OC(=O)CCC(=O)OC(CN(CC(C)C)C(N)=O)C(=O)OCC. The van der Waals surface area contributed by atoms with Crippen LogP contribution < -0.4 is 11.5 Å². The van der Waals surface area contributed by atoms with Crippen molar-refractivity contribution in [2.45, 2.75) is 66.6 Å². The first-order chi connectivity index (χ1) is 17.7. The minimum absolute atomic E-state index is 0.00827. The fraction of sp³-hybridized carbons (Fsp3) is 0.750. The van der Waals surface area contributed by atoms with E-state index in [0.717, 1.165) is 9.80 Å². The van der Waals surface area contributed by atoms with Gasteiger partial charge in [0.15, 0.2) is 0 Å². The number of ether oxygens (including phenoxy) is 4. The molecule has 0 bridgehead atoms. The zero-order chi connectivity index (χ0) is 29.4. The third-order valence-electron chi connectivity index (χ3n) is 4.75. The molecule has 14 nitrogen and oxygen atoms in total. The van der Waals surface area contributed by atoms with Crippen molar-refractivity contribution in [3.05, 3.63) is 0 Å². The van der Waals surface area contributed by atoms with Crippen LogP contribution in [0, 0.1) is 11.8 Å². The largest absolute Gasteiger partial charge is 0.463 e. The van der Waals surface area contributed by atoms with Crippen molar-refractivity contribution in [3.8, 4) is 0 Å². The highest BCUT2D eigenvalue weighted by Crippen LogP contribution is 2.10. The normalized spacial score (nSPS) is 12.3. The zero-order valence-electron chi connectivity index (χ0n) is 23.1. The average molecular weight is 547 g/mol. The smallest absolute Gasteiger partial charge is 0.349 e. The highest BCUT2D eigenvalue weighted by Gasteiger charge is 2.31. The number of rotatable bonds is 17. The van der Waals surface area contributed by atoms with Crippen LogP contribution in [0.4, 0.5) is 9.59 Å². The highest BCUT2D eigenvalue weighted by molar-refractivity contribution is 5.84. The molecule has 0 saturated heterocycles. The number of hydrogen-bond donors (Lipinski definition) is 2. The van der Waals surface area contributed by atoms with Gasteiger partial charge in [-0.3, -0.25) is 9.59 Å². The van der Waals surface area contributed by atoms with Gasteiger partial charge in [-0.05, 0) is 25.7 Å². The van der Waals surface area contributed by atoms with Crippen LogP contribution in [0.5, 0.6) is 0 Å². The molecule has 4 amide bonds. The van der Waals surface area contributed by atoms with Crippen molar-refractivity contribution in [1.29, 1.82) is 0 Å². The number of nitrogens with zero attached hydrogens (tertiary/aromatic N) is 2. The van der Waals surface area contributed by atoms with Crippen LogP contribution in [0.1, 0.15) is 54.4 Å². The van der Waals surface area contributed by atoms with E-state index in [4.69, 9.17) is 30.4 Å². The van der Waals surface area contributed by atoms with E-state index < -0.39 is 61.0 Å². The van der Waals surface area contributed by atoms with Gasteiger partial charge in [-0.15, -0.1) is 0 Å². The summed E-state index contributed by atoms with van der Waals surface area (Å²) in [5, 5.41) is 0. The Labute approximate surface area is 223 Å². The number of carbonyl (C=O) groups excluding carboxylic acids is 6. The summed E-state index contributed by atoms with van der Waals surface area (Å²) in [7, 11) is 0. The summed E-state index contributed by atoms with van der Waals surface area (Å²) in [6.45, 7) is 10.3. The van der Waals surface area contributed by atoms with Gasteiger partial charge >= 0.3 is 35.9 Å². The van der Waals surface area contributed by atoms with Crippen molar-refractivity contribution >= 4 is 35.9 Å². The highest BCUT2D eigenvalue weighted by atomic mass is 16.6. The monoisotopic (exact) mass is 546 g/mol. The Balaban J connectivity index is 5.29. The molecule has 4 N–H and O–H groups in total. The Morgan fingerprint density at radius 1 is 0.605 bits per heavy atom. The first-order valence-electron chi connectivity index (χ1n) is 12.5. The molecule has 0 aromatic rings. The minimum Gasteiger partial charge on any atom is -0.463 e. The Bertz CT molecular complexity index is 752. The Hall–Kier alpha value is -3.58. The third-order valence-corrected chi connectivity index (χ3v) is 4.75. The lowest BCUT2D eigenvalue weighted by Gasteiger charge is -2.27. The van der Waals surface area contributed by atoms with E-state index in [1.54, 1.807) is 13.8 Å². The molecule has 0 aliphatic rings. The van der Waals surface area contributed by atoms with Gasteiger partial charge < -0.3 is 40.2 Å². The van der Waals surface area contributed by atoms with Crippen molar-refractivity contribution in [2.24, 2.45) is 23.3 Å². The fourth-order valence-electron chi connectivity index (χ4n) is 3.22. The second-order valence-electron chi connectivity index (χ2n) is 9.24. The summed E-state index contributed by atoms with van der Waals surface area (Å²) in [4.78, 5) is 75.3. The molecular formula is C24H42N4O10. The molecule has 0 saturated carbocycles. The molecule has 2 atom stereocenters. The van der Waals surface area contributed by atoms with Gasteiger partial charge in [-0.1, -0.05) is 27.7 Å². The lowest BCUT2D eigenvalue weighted by Crippen LogP contribution is -2.47. The fourth-order valence-corrected chi connectivity index (χ4v) is 3.22. The quantitative estimate of drug-likeness (QED) is 0.194. The summed E-state index contributed by atoms with van der Waals surface area (Å²) in [5.41, 5.74) is 10.7. The van der Waals surface area contributed by atoms with Crippen molar-refractivity contribution in [2.75, 3.05) is 39.4 Å². The van der Waals surface area contributed by atoms with Gasteiger partial charge in [-0.25, -0.2) is 19.2 Å². The maximum absolute atomic E-state index is 12.4. The van der Waals surface area contributed by atoms with E-state index in [-0.39, 0.29) is 51.2 Å². The van der Waals surface area contributed by atoms with Crippen LogP contribution in [0.15, 0.2) is 0 Å². The lowest BCUT2D eigenvalue weighted by atomic mass is 10.2. The van der Waals surface area contributed by atoms with Crippen LogP contribution in [-0.4, -0.2) is 97.3 Å². The Kier molecular flexibility index (Phi) is 16.1. The molecule has 0 aromatic carbocycles. The molecule has 2 unspecified atom stereocenters. The van der Waals surface area contributed by atoms with Gasteiger partial charge in [0.05, 0.1) is 39.1 Å². The molecule has 218 valence electrons. The van der Waals surface area contributed by atoms with E-state index in [2.05, 4.69) is 0 Å².